The minimum absolute atomic E-state index is 0.0338. The molecule has 1 aromatic heterocycles. The van der Waals surface area contributed by atoms with Gasteiger partial charge in [0.25, 0.3) is 5.56 Å². The van der Waals surface area contributed by atoms with E-state index in [1.54, 1.807) is 11.6 Å². The van der Waals surface area contributed by atoms with Crippen LogP contribution in [0.2, 0.25) is 0 Å². The summed E-state index contributed by atoms with van der Waals surface area (Å²) in [6, 6.07) is 3.38. The molecule has 0 saturated carbocycles. The monoisotopic (exact) mass is 210 g/mol. The molecule has 0 aromatic carbocycles. The number of likely N-dealkylation sites (N-methyl/N-ethyl adjacent to an activating group) is 1. The van der Waals surface area contributed by atoms with Crippen molar-refractivity contribution in [3.8, 4) is 5.75 Å². The van der Waals surface area contributed by atoms with E-state index in [1.165, 1.54) is 6.07 Å². The van der Waals surface area contributed by atoms with E-state index in [-0.39, 0.29) is 5.56 Å². The highest BCUT2D eigenvalue weighted by atomic mass is 16.5. The zero-order chi connectivity index (χ0) is 11.3. The first-order valence-electron chi connectivity index (χ1n) is 5.16. The topological polar surface area (TPSA) is 43.3 Å². The molecular weight excluding hydrogens is 192 g/mol. The summed E-state index contributed by atoms with van der Waals surface area (Å²) in [5, 5.41) is 3.15. The maximum Gasteiger partial charge on any atom is 0.254 e. The van der Waals surface area contributed by atoms with E-state index in [1.807, 2.05) is 19.9 Å². The Morgan fingerprint density at radius 2 is 2.20 bits per heavy atom. The van der Waals surface area contributed by atoms with E-state index in [2.05, 4.69) is 5.32 Å². The Bertz CT molecular complexity index is 371. The van der Waals surface area contributed by atoms with Gasteiger partial charge in [0.1, 0.15) is 12.4 Å². The van der Waals surface area contributed by atoms with Crippen LogP contribution in [0.25, 0.3) is 0 Å². The van der Waals surface area contributed by atoms with Crippen molar-refractivity contribution < 1.29 is 4.74 Å². The maximum atomic E-state index is 11.4. The average molecular weight is 210 g/mol. The van der Waals surface area contributed by atoms with Crippen LogP contribution in [-0.4, -0.2) is 24.3 Å². The lowest BCUT2D eigenvalue weighted by Crippen LogP contribution is -2.22. The maximum absolute atomic E-state index is 11.4. The molecule has 84 valence electrons. The molecule has 0 bridgehead atoms. The Hall–Kier alpha value is -1.29. The highest BCUT2D eigenvalue weighted by Gasteiger charge is 2.00. The van der Waals surface area contributed by atoms with E-state index in [0.29, 0.717) is 12.4 Å². The Balaban J connectivity index is 2.59. The molecule has 0 fully saturated rings. The lowest BCUT2D eigenvalue weighted by atomic mass is 10.3. The lowest BCUT2D eigenvalue weighted by molar-refractivity contribution is 0.314. The Morgan fingerprint density at radius 1 is 1.47 bits per heavy atom. The average Bonchev–Trinajstić information content (AvgIpc) is 2.21. The van der Waals surface area contributed by atoms with Gasteiger partial charge in [-0.05, 0) is 19.5 Å². The van der Waals surface area contributed by atoms with Gasteiger partial charge in [0, 0.05) is 25.4 Å². The summed E-state index contributed by atoms with van der Waals surface area (Å²) in [5.74, 6) is 0.647. The number of nitrogens with one attached hydrogen (secondary N) is 1. The molecule has 0 aliphatic heterocycles. The number of pyridine rings is 1. The minimum Gasteiger partial charge on any atom is -0.492 e. The minimum atomic E-state index is -0.0338. The highest BCUT2D eigenvalue weighted by Crippen LogP contribution is 2.08. The van der Waals surface area contributed by atoms with Gasteiger partial charge in [0.15, 0.2) is 0 Å². The molecule has 0 aliphatic carbocycles. The first-order valence-corrected chi connectivity index (χ1v) is 5.16. The summed E-state index contributed by atoms with van der Waals surface area (Å²) < 4.78 is 7.04. The third kappa shape index (κ3) is 3.40. The molecule has 0 spiro atoms. The molecule has 1 rings (SSSR count). The lowest BCUT2D eigenvalue weighted by Gasteiger charge is -2.09. The van der Waals surface area contributed by atoms with Crippen molar-refractivity contribution in [2.75, 3.05) is 19.7 Å². The summed E-state index contributed by atoms with van der Waals surface area (Å²) in [7, 11) is 1.75. The van der Waals surface area contributed by atoms with Gasteiger partial charge in [-0.15, -0.1) is 0 Å². The van der Waals surface area contributed by atoms with Gasteiger partial charge >= 0.3 is 0 Å². The Labute approximate surface area is 89.9 Å². The van der Waals surface area contributed by atoms with E-state index >= 15 is 0 Å². The quantitative estimate of drug-likeness (QED) is 0.727. The number of hydrogen-bond acceptors (Lipinski definition) is 3. The molecule has 0 saturated heterocycles. The second-order valence-corrected chi connectivity index (χ2v) is 3.43. The Kier molecular flexibility index (Phi) is 4.37. The molecule has 1 aromatic rings. The standard InChI is InChI=1S/C11H18N2O2/c1-4-12-5-6-15-10-7-9(2)13(3)11(14)8-10/h7-8,12H,4-6H2,1-3H3. The molecule has 0 radical (unpaired) electrons. The summed E-state index contributed by atoms with van der Waals surface area (Å²) in [6.45, 7) is 6.24. The summed E-state index contributed by atoms with van der Waals surface area (Å²) >= 11 is 0. The molecule has 0 unspecified atom stereocenters. The first-order chi connectivity index (χ1) is 7.15. The zero-order valence-electron chi connectivity index (χ0n) is 9.54. The highest BCUT2D eigenvalue weighted by molar-refractivity contribution is 5.22. The van der Waals surface area contributed by atoms with Gasteiger partial charge in [-0.3, -0.25) is 4.79 Å². The first kappa shape index (κ1) is 11.8. The molecule has 1 N–H and O–H groups in total. The van der Waals surface area contributed by atoms with Gasteiger partial charge in [-0.25, -0.2) is 0 Å². The van der Waals surface area contributed by atoms with Crippen molar-refractivity contribution in [1.82, 2.24) is 9.88 Å². The third-order valence-corrected chi connectivity index (χ3v) is 2.27. The third-order valence-electron chi connectivity index (χ3n) is 2.27. The number of ether oxygens (including phenoxy) is 1. The second kappa shape index (κ2) is 5.56. The molecular formula is C11H18N2O2. The second-order valence-electron chi connectivity index (χ2n) is 3.43. The van der Waals surface area contributed by atoms with Crippen LogP contribution in [0.5, 0.6) is 5.75 Å². The van der Waals surface area contributed by atoms with Crippen molar-refractivity contribution in [3.05, 3.63) is 28.2 Å². The number of aromatic nitrogens is 1. The fraction of sp³-hybridized carbons (Fsp3) is 0.545. The van der Waals surface area contributed by atoms with Crippen LogP contribution < -0.4 is 15.6 Å². The summed E-state index contributed by atoms with van der Waals surface area (Å²) in [6.07, 6.45) is 0. The van der Waals surface area contributed by atoms with E-state index in [0.717, 1.165) is 18.8 Å². The SMILES string of the molecule is CCNCCOc1cc(C)n(C)c(=O)c1. The van der Waals surface area contributed by atoms with Crippen LogP contribution in [0.3, 0.4) is 0 Å². The number of aryl methyl sites for hydroxylation is 1. The van der Waals surface area contributed by atoms with Gasteiger partial charge in [-0.2, -0.15) is 0 Å². The number of hydrogen-bond donors (Lipinski definition) is 1. The molecule has 1 heterocycles. The van der Waals surface area contributed by atoms with Gasteiger partial charge in [0.05, 0.1) is 0 Å². The van der Waals surface area contributed by atoms with Crippen LogP contribution in [0.4, 0.5) is 0 Å². The van der Waals surface area contributed by atoms with Crippen LogP contribution in [0, 0.1) is 6.92 Å². The number of rotatable bonds is 5. The smallest absolute Gasteiger partial charge is 0.254 e. The predicted molar refractivity (Wildman–Crippen MR) is 60.5 cm³/mol. The van der Waals surface area contributed by atoms with Crippen LogP contribution in [-0.2, 0) is 7.05 Å². The van der Waals surface area contributed by atoms with Crippen molar-refractivity contribution in [2.45, 2.75) is 13.8 Å². The largest absolute Gasteiger partial charge is 0.492 e. The molecule has 0 amide bonds. The molecule has 4 heteroatoms. The van der Waals surface area contributed by atoms with Gasteiger partial charge in [-0.1, -0.05) is 6.92 Å². The fourth-order valence-electron chi connectivity index (χ4n) is 1.24. The van der Waals surface area contributed by atoms with Gasteiger partial charge < -0.3 is 14.6 Å². The summed E-state index contributed by atoms with van der Waals surface area (Å²) in [5.41, 5.74) is 0.870. The van der Waals surface area contributed by atoms with Gasteiger partial charge in [0.2, 0.25) is 0 Å². The molecule has 0 atom stereocenters. The fourth-order valence-corrected chi connectivity index (χ4v) is 1.24. The Morgan fingerprint density at radius 3 is 2.80 bits per heavy atom. The van der Waals surface area contributed by atoms with E-state index in [4.69, 9.17) is 4.74 Å². The van der Waals surface area contributed by atoms with Crippen molar-refractivity contribution in [1.29, 1.82) is 0 Å². The van der Waals surface area contributed by atoms with Crippen molar-refractivity contribution >= 4 is 0 Å². The van der Waals surface area contributed by atoms with Crippen LogP contribution >= 0.6 is 0 Å². The summed E-state index contributed by atoms with van der Waals surface area (Å²) in [4.78, 5) is 11.4. The molecule has 15 heavy (non-hydrogen) atoms. The van der Waals surface area contributed by atoms with E-state index < -0.39 is 0 Å². The predicted octanol–water partition coefficient (Wildman–Crippen LogP) is 0.682. The zero-order valence-corrected chi connectivity index (χ0v) is 9.54. The molecule has 0 aliphatic rings. The number of nitrogens with zero attached hydrogens (tertiary/aromatic N) is 1. The normalized spacial score (nSPS) is 10.3. The van der Waals surface area contributed by atoms with Crippen LogP contribution in [0.1, 0.15) is 12.6 Å². The van der Waals surface area contributed by atoms with E-state index in [9.17, 15) is 4.79 Å². The van der Waals surface area contributed by atoms with Crippen molar-refractivity contribution in [2.24, 2.45) is 7.05 Å². The van der Waals surface area contributed by atoms with Crippen molar-refractivity contribution in [3.63, 3.8) is 0 Å². The molecule has 4 nitrogen and oxygen atoms in total. The van der Waals surface area contributed by atoms with Crippen LogP contribution in [0.15, 0.2) is 16.9 Å².